The van der Waals surface area contributed by atoms with Crippen molar-refractivity contribution >= 4 is 0 Å². The molecular weight excluding hydrogens is 336 g/mol. The van der Waals surface area contributed by atoms with Crippen molar-refractivity contribution in [1.82, 2.24) is 0 Å². The smallest absolute Gasteiger partial charge is 0.107 e. The van der Waals surface area contributed by atoms with Gasteiger partial charge in [-0.1, -0.05) is 26.0 Å². The molecular formula is C20H32O6. The van der Waals surface area contributed by atoms with E-state index in [-0.39, 0.29) is 18.3 Å². The number of fused-ring (bicyclic) bond motifs is 2. The number of hydrogen-bond acceptors (Lipinski definition) is 6. The minimum atomic E-state index is -1.75. The van der Waals surface area contributed by atoms with Crippen molar-refractivity contribution in [2.24, 2.45) is 28.6 Å². The molecule has 0 heterocycles. The summed E-state index contributed by atoms with van der Waals surface area (Å²) >= 11 is 0. The first-order valence-electron chi connectivity index (χ1n) is 9.68. The number of aliphatic hydroxyl groups excluding tert-OH is 4. The maximum atomic E-state index is 11.6. The van der Waals surface area contributed by atoms with Crippen molar-refractivity contribution in [1.29, 1.82) is 0 Å². The monoisotopic (exact) mass is 368 g/mol. The molecule has 4 saturated carbocycles. The van der Waals surface area contributed by atoms with E-state index in [1.165, 1.54) is 0 Å². The van der Waals surface area contributed by atoms with Gasteiger partial charge in [0.1, 0.15) is 5.60 Å². The molecule has 0 aromatic heterocycles. The Hall–Kier alpha value is -0.500. The van der Waals surface area contributed by atoms with Crippen molar-refractivity contribution in [3.63, 3.8) is 0 Å². The number of hydrogen-bond donors (Lipinski definition) is 6. The number of rotatable bonds is 0. The predicted molar refractivity (Wildman–Crippen MR) is 93.9 cm³/mol. The molecule has 10 atom stereocenters. The molecule has 26 heavy (non-hydrogen) atoms. The van der Waals surface area contributed by atoms with Gasteiger partial charge in [-0.25, -0.2) is 0 Å². The molecule has 1 spiro atoms. The molecule has 4 aliphatic carbocycles. The zero-order valence-corrected chi connectivity index (χ0v) is 15.8. The van der Waals surface area contributed by atoms with E-state index in [9.17, 15) is 30.6 Å². The van der Waals surface area contributed by atoms with Gasteiger partial charge in [-0.2, -0.15) is 0 Å². The second-order valence-corrected chi connectivity index (χ2v) is 10.2. The van der Waals surface area contributed by atoms with E-state index >= 15 is 0 Å². The highest BCUT2D eigenvalue weighted by Crippen LogP contribution is 2.68. The summed E-state index contributed by atoms with van der Waals surface area (Å²) in [4.78, 5) is 0. The lowest BCUT2D eigenvalue weighted by Crippen LogP contribution is -2.57. The van der Waals surface area contributed by atoms with Crippen molar-refractivity contribution in [3.8, 4) is 0 Å². The maximum Gasteiger partial charge on any atom is 0.107 e. The molecule has 0 saturated heterocycles. The van der Waals surface area contributed by atoms with Gasteiger partial charge < -0.3 is 30.6 Å². The van der Waals surface area contributed by atoms with E-state index in [1.54, 1.807) is 20.8 Å². The summed E-state index contributed by atoms with van der Waals surface area (Å²) in [7, 11) is 0. The first-order chi connectivity index (χ1) is 11.8. The fourth-order valence-electron chi connectivity index (χ4n) is 7.34. The molecule has 4 fully saturated rings. The normalized spacial score (nSPS) is 61.1. The van der Waals surface area contributed by atoms with Gasteiger partial charge in [-0.3, -0.25) is 0 Å². The van der Waals surface area contributed by atoms with Crippen LogP contribution in [0, 0.1) is 28.6 Å². The van der Waals surface area contributed by atoms with E-state index in [0.717, 1.165) is 0 Å². The summed E-state index contributed by atoms with van der Waals surface area (Å²) in [6, 6.07) is 0. The van der Waals surface area contributed by atoms with Crippen LogP contribution in [0.15, 0.2) is 12.2 Å². The molecule has 2 bridgehead atoms. The van der Waals surface area contributed by atoms with Gasteiger partial charge in [0.05, 0.1) is 30.0 Å². The Balaban J connectivity index is 1.88. The van der Waals surface area contributed by atoms with E-state index < -0.39 is 52.4 Å². The SMILES string of the molecule is C=C1C2CCC3C(O)C2(CC(O)C2(O)C1C(O)C(O)C2(C)C)CC3(C)O. The molecule has 6 N–H and O–H groups in total. The van der Waals surface area contributed by atoms with Crippen molar-refractivity contribution in [2.75, 3.05) is 0 Å². The van der Waals surface area contributed by atoms with Crippen LogP contribution in [0.25, 0.3) is 0 Å². The van der Waals surface area contributed by atoms with Gasteiger partial charge >= 0.3 is 0 Å². The van der Waals surface area contributed by atoms with Crippen LogP contribution < -0.4 is 0 Å². The minimum Gasteiger partial charge on any atom is -0.392 e. The molecule has 0 aliphatic heterocycles. The molecule has 0 radical (unpaired) electrons. The molecule has 10 unspecified atom stereocenters. The van der Waals surface area contributed by atoms with Crippen molar-refractivity contribution in [3.05, 3.63) is 12.2 Å². The van der Waals surface area contributed by atoms with E-state index in [2.05, 4.69) is 6.58 Å². The quantitative estimate of drug-likeness (QED) is 0.333. The van der Waals surface area contributed by atoms with Gasteiger partial charge in [0.2, 0.25) is 0 Å². The molecule has 0 amide bonds. The number of aliphatic hydroxyl groups is 6. The van der Waals surface area contributed by atoms with Crippen molar-refractivity contribution < 1.29 is 30.6 Å². The second-order valence-electron chi connectivity index (χ2n) is 10.2. The third-order valence-electron chi connectivity index (χ3n) is 8.76. The molecule has 0 aromatic carbocycles. The fourth-order valence-corrected chi connectivity index (χ4v) is 7.34. The highest BCUT2D eigenvalue weighted by molar-refractivity contribution is 5.33. The Kier molecular flexibility index (Phi) is 3.70. The Labute approximate surface area is 154 Å². The fraction of sp³-hybridized carbons (Fsp3) is 0.900. The Morgan fingerprint density at radius 2 is 1.58 bits per heavy atom. The zero-order valence-electron chi connectivity index (χ0n) is 15.8. The van der Waals surface area contributed by atoms with Gasteiger partial charge in [-0.15, -0.1) is 0 Å². The Morgan fingerprint density at radius 3 is 2.19 bits per heavy atom. The van der Waals surface area contributed by atoms with Crippen LogP contribution in [0.3, 0.4) is 0 Å². The van der Waals surface area contributed by atoms with Crippen LogP contribution in [0.2, 0.25) is 0 Å². The molecule has 0 aromatic rings. The summed E-state index contributed by atoms with van der Waals surface area (Å²) < 4.78 is 0. The van der Waals surface area contributed by atoms with E-state index in [0.29, 0.717) is 24.8 Å². The summed E-state index contributed by atoms with van der Waals surface area (Å²) in [5.74, 6) is -1.37. The minimum absolute atomic E-state index is 0.111. The largest absolute Gasteiger partial charge is 0.392 e. The molecule has 148 valence electrons. The average molecular weight is 368 g/mol. The lowest BCUT2D eigenvalue weighted by Gasteiger charge is -2.46. The van der Waals surface area contributed by atoms with E-state index in [4.69, 9.17) is 0 Å². The Morgan fingerprint density at radius 1 is 0.962 bits per heavy atom. The topological polar surface area (TPSA) is 121 Å². The van der Waals surface area contributed by atoms with Crippen LogP contribution in [0.1, 0.15) is 46.5 Å². The molecule has 6 heteroatoms. The van der Waals surface area contributed by atoms with Crippen LogP contribution in [-0.4, -0.2) is 66.3 Å². The summed E-state index contributed by atoms with van der Waals surface area (Å²) in [5.41, 5.74) is -4.13. The summed E-state index contributed by atoms with van der Waals surface area (Å²) in [6.45, 7) is 9.22. The van der Waals surface area contributed by atoms with Crippen LogP contribution in [0.5, 0.6) is 0 Å². The third kappa shape index (κ3) is 1.84. The summed E-state index contributed by atoms with van der Waals surface area (Å²) in [5, 5.41) is 66.0. The predicted octanol–water partition coefficient (Wildman–Crippen LogP) is -0.0557. The standard InChI is InChI=1S/C20H32O6/c1-9-10-5-6-11-15(23)19(10,8-18(11,4)25)7-12(21)20(26)13(9)14(22)16(24)17(20,2)3/h10-16,21-26H,1,5-8H2,2-4H3. The molecule has 4 aliphatic rings. The highest BCUT2D eigenvalue weighted by atomic mass is 16.4. The Bertz CT molecular complexity index is 644. The van der Waals surface area contributed by atoms with Gasteiger partial charge in [-0.05, 0) is 38.5 Å². The van der Waals surface area contributed by atoms with Gasteiger partial charge in [0.15, 0.2) is 0 Å². The van der Waals surface area contributed by atoms with Crippen LogP contribution >= 0.6 is 0 Å². The lowest BCUT2D eigenvalue weighted by molar-refractivity contribution is -0.174. The summed E-state index contributed by atoms with van der Waals surface area (Å²) in [6.07, 6.45) is -2.72. The highest BCUT2D eigenvalue weighted by Gasteiger charge is 2.74. The van der Waals surface area contributed by atoms with Crippen molar-refractivity contribution in [2.45, 2.75) is 82.1 Å². The van der Waals surface area contributed by atoms with Gasteiger partial charge in [0, 0.05) is 22.7 Å². The van der Waals surface area contributed by atoms with Crippen LogP contribution in [0.4, 0.5) is 0 Å². The zero-order chi connectivity index (χ0) is 19.4. The first-order valence-corrected chi connectivity index (χ1v) is 9.68. The average Bonchev–Trinajstić information content (AvgIpc) is 2.70. The lowest BCUT2D eigenvalue weighted by atomic mass is 9.61. The maximum absolute atomic E-state index is 11.6. The second kappa shape index (κ2) is 5.10. The van der Waals surface area contributed by atoms with E-state index in [1.807, 2.05) is 0 Å². The third-order valence-corrected chi connectivity index (χ3v) is 8.76. The van der Waals surface area contributed by atoms with Gasteiger partial charge in [0.25, 0.3) is 0 Å². The molecule has 6 nitrogen and oxygen atoms in total. The van der Waals surface area contributed by atoms with Crippen LogP contribution in [-0.2, 0) is 0 Å². The molecule has 4 rings (SSSR count). The first kappa shape index (κ1) is 18.8.